The van der Waals surface area contributed by atoms with E-state index in [1.165, 1.54) is 38.5 Å². The molecule has 0 heterocycles. The number of rotatable bonds is 13. The van der Waals surface area contributed by atoms with Crippen molar-refractivity contribution in [2.45, 2.75) is 84.0 Å². The van der Waals surface area contributed by atoms with Gasteiger partial charge >= 0.3 is 5.97 Å². The van der Waals surface area contributed by atoms with Crippen LogP contribution in [0.15, 0.2) is 0 Å². The first-order valence-corrected chi connectivity index (χ1v) is 7.83. The molecule has 0 radical (unpaired) electrons. The van der Waals surface area contributed by atoms with Gasteiger partial charge in [0.05, 0.1) is 12.7 Å². The second kappa shape index (κ2) is 15.0. The first-order chi connectivity index (χ1) is 9.31. The molecule has 3 nitrogen and oxygen atoms in total. The molecule has 0 saturated carbocycles. The lowest BCUT2D eigenvalue weighted by Crippen LogP contribution is -2.04. The number of esters is 1. The smallest absolute Gasteiger partial charge is 0.305 e. The minimum Gasteiger partial charge on any atom is -0.466 e. The third kappa shape index (κ3) is 14.9. The van der Waals surface area contributed by atoms with E-state index in [-0.39, 0.29) is 5.97 Å². The van der Waals surface area contributed by atoms with Crippen LogP contribution in [0.3, 0.4) is 0 Å². The molecular weight excluding hydrogens is 238 g/mol. The molecule has 0 aliphatic heterocycles. The Hall–Kier alpha value is -1.04. The van der Waals surface area contributed by atoms with Crippen LogP contribution in [0.5, 0.6) is 0 Å². The quantitative estimate of drug-likeness (QED) is 0.357. The Morgan fingerprint density at radius 3 is 2.00 bits per heavy atom. The van der Waals surface area contributed by atoms with E-state index in [9.17, 15) is 4.79 Å². The molecule has 0 aromatic carbocycles. The Balaban J connectivity index is 3.06. The highest BCUT2D eigenvalue weighted by Gasteiger charge is 2.01. The summed E-state index contributed by atoms with van der Waals surface area (Å²) in [6.07, 6.45) is 12.8. The van der Waals surface area contributed by atoms with Crippen molar-refractivity contribution in [2.75, 3.05) is 6.61 Å². The van der Waals surface area contributed by atoms with Crippen LogP contribution in [0, 0.1) is 11.3 Å². The first-order valence-electron chi connectivity index (χ1n) is 7.83. The summed E-state index contributed by atoms with van der Waals surface area (Å²) < 4.78 is 5.02. The monoisotopic (exact) mass is 267 g/mol. The summed E-state index contributed by atoms with van der Waals surface area (Å²) in [5, 5.41) is 8.39. The Morgan fingerprint density at radius 2 is 1.47 bits per heavy atom. The summed E-state index contributed by atoms with van der Waals surface area (Å²) in [5.41, 5.74) is 0. The van der Waals surface area contributed by atoms with Crippen LogP contribution in [0.4, 0.5) is 0 Å². The van der Waals surface area contributed by atoms with Crippen LogP contribution in [0.1, 0.15) is 84.0 Å². The maximum Gasteiger partial charge on any atom is 0.305 e. The molecule has 0 bridgehead atoms. The highest BCUT2D eigenvalue weighted by Crippen LogP contribution is 2.11. The van der Waals surface area contributed by atoms with Gasteiger partial charge in [-0.1, -0.05) is 51.9 Å². The molecule has 0 amide bonds. The van der Waals surface area contributed by atoms with Crippen LogP contribution in [0.2, 0.25) is 0 Å². The molecule has 3 heteroatoms. The van der Waals surface area contributed by atoms with Gasteiger partial charge in [-0.25, -0.2) is 0 Å². The molecule has 0 saturated heterocycles. The van der Waals surface area contributed by atoms with Crippen LogP contribution in [0.25, 0.3) is 0 Å². The average Bonchev–Trinajstić information content (AvgIpc) is 2.42. The van der Waals surface area contributed by atoms with Crippen LogP contribution < -0.4 is 0 Å². The van der Waals surface area contributed by atoms with Crippen molar-refractivity contribution in [2.24, 2.45) is 0 Å². The molecule has 0 spiro atoms. The second-order valence-electron chi connectivity index (χ2n) is 5.06. The molecular formula is C16H29NO2. The third-order valence-corrected chi connectivity index (χ3v) is 3.14. The van der Waals surface area contributed by atoms with E-state index in [1.807, 2.05) is 6.92 Å². The van der Waals surface area contributed by atoms with Gasteiger partial charge in [0, 0.05) is 12.8 Å². The fraction of sp³-hybridized carbons (Fsp3) is 0.875. The zero-order valence-corrected chi connectivity index (χ0v) is 12.5. The summed E-state index contributed by atoms with van der Waals surface area (Å²) in [6.45, 7) is 2.57. The second-order valence-corrected chi connectivity index (χ2v) is 5.06. The standard InChI is InChI=1S/C16H29NO2/c1-2-15-19-16(18)13-11-9-7-5-3-4-6-8-10-12-14-17/h2-13,15H2,1H3. The fourth-order valence-corrected chi connectivity index (χ4v) is 2.00. The van der Waals surface area contributed by atoms with Crippen molar-refractivity contribution in [3.63, 3.8) is 0 Å². The van der Waals surface area contributed by atoms with Gasteiger partial charge in [-0.15, -0.1) is 0 Å². The lowest BCUT2D eigenvalue weighted by molar-refractivity contribution is -0.143. The number of ether oxygens (including phenoxy) is 1. The molecule has 0 aliphatic rings. The molecule has 0 atom stereocenters. The minimum absolute atomic E-state index is 0.0423. The molecule has 0 aromatic heterocycles. The molecule has 0 rings (SSSR count). The van der Waals surface area contributed by atoms with Crippen molar-refractivity contribution in [3.8, 4) is 6.07 Å². The van der Waals surface area contributed by atoms with Crippen molar-refractivity contribution >= 4 is 5.97 Å². The molecule has 110 valence electrons. The molecule has 0 aliphatic carbocycles. The SMILES string of the molecule is CCCOC(=O)CCCCCCCCCCCC#N. The van der Waals surface area contributed by atoms with Gasteiger partial charge in [-0.3, -0.25) is 4.79 Å². The highest BCUT2D eigenvalue weighted by molar-refractivity contribution is 5.69. The lowest BCUT2D eigenvalue weighted by Gasteiger charge is -2.03. The Kier molecular flexibility index (Phi) is 14.2. The number of unbranched alkanes of at least 4 members (excludes halogenated alkanes) is 9. The van der Waals surface area contributed by atoms with Crippen molar-refractivity contribution in [1.29, 1.82) is 5.26 Å². The van der Waals surface area contributed by atoms with Gasteiger partial charge in [0.15, 0.2) is 0 Å². The van der Waals surface area contributed by atoms with Crippen molar-refractivity contribution in [3.05, 3.63) is 0 Å². The topological polar surface area (TPSA) is 50.1 Å². The van der Waals surface area contributed by atoms with Crippen LogP contribution in [-0.4, -0.2) is 12.6 Å². The van der Waals surface area contributed by atoms with Crippen molar-refractivity contribution in [1.82, 2.24) is 0 Å². The predicted octanol–water partition coefficient (Wildman–Crippen LogP) is 4.75. The Labute approximate surface area is 118 Å². The number of nitriles is 1. The molecule has 0 N–H and O–H groups in total. The maximum absolute atomic E-state index is 11.2. The largest absolute Gasteiger partial charge is 0.466 e. The third-order valence-electron chi connectivity index (χ3n) is 3.14. The van der Waals surface area contributed by atoms with Crippen molar-refractivity contribution < 1.29 is 9.53 Å². The number of carbonyl (C=O) groups is 1. The van der Waals surface area contributed by atoms with E-state index in [1.54, 1.807) is 0 Å². The Morgan fingerprint density at radius 1 is 0.947 bits per heavy atom. The molecule has 19 heavy (non-hydrogen) atoms. The average molecular weight is 267 g/mol. The van der Waals surface area contributed by atoms with Gasteiger partial charge in [0.1, 0.15) is 0 Å². The molecule has 0 aromatic rings. The minimum atomic E-state index is -0.0423. The summed E-state index contributed by atoms with van der Waals surface area (Å²) in [7, 11) is 0. The maximum atomic E-state index is 11.2. The zero-order valence-electron chi connectivity index (χ0n) is 12.5. The Bertz CT molecular complexity index is 246. The predicted molar refractivity (Wildman–Crippen MR) is 77.7 cm³/mol. The summed E-state index contributed by atoms with van der Waals surface area (Å²) >= 11 is 0. The number of nitrogens with zero attached hydrogens (tertiary/aromatic N) is 1. The van der Waals surface area contributed by atoms with Gasteiger partial charge in [0.25, 0.3) is 0 Å². The number of hydrogen-bond donors (Lipinski definition) is 0. The van der Waals surface area contributed by atoms with E-state index >= 15 is 0 Å². The van der Waals surface area contributed by atoms with E-state index in [2.05, 4.69) is 6.07 Å². The summed E-state index contributed by atoms with van der Waals surface area (Å²) in [6, 6.07) is 2.18. The lowest BCUT2D eigenvalue weighted by atomic mass is 10.1. The van der Waals surface area contributed by atoms with E-state index in [0.717, 1.165) is 25.7 Å². The van der Waals surface area contributed by atoms with Crippen LogP contribution >= 0.6 is 0 Å². The number of carbonyl (C=O) groups excluding carboxylic acids is 1. The van der Waals surface area contributed by atoms with Gasteiger partial charge in [-0.2, -0.15) is 5.26 Å². The molecule has 0 unspecified atom stereocenters. The fourth-order valence-electron chi connectivity index (χ4n) is 2.00. The van der Waals surface area contributed by atoms with Crippen LogP contribution in [-0.2, 0) is 9.53 Å². The van der Waals surface area contributed by atoms with Gasteiger partial charge in [0.2, 0.25) is 0 Å². The zero-order chi connectivity index (χ0) is 14.2. The number of hydrogen-bond acceptors (Lipinski definition) is 3. The highest BCUT2D eigenvalue weighted by atomic mass is 16.5. The molecule has 0 fully saturated rings. The normalized spacial score (nSPS) is 10.1. The van der Waals surface area contributed by atoms with Gasteiger partial charge < -0.3 is 4.74 Å². The summed E-state index contributed by atoms with van der Waals surface area (Å²) in [5.74, 6) is -0.0423. The summed E-state index contributed by atoms with van der Waals surface area (Å²) in [4.78, 5) is 11.2. The van der Waals surface area contributed by atoms with E-state index in [0.29, 0.717) is 19.4 Å². The first kappa shape index (κ1) is 18.0. The van der Waals surface area contributed by atoms with E-state index in [4.69, 9.17) is 10.00 Å². The van der Waals surface area contributed by atoms with Gasteiger partial charge in [-0.05, 0) is 19.3 Å². The van der Waals surface area contributed by atoms with E-state index < -0.39 is 0 Å².